The van der Waals surface area contributed by atoms with E-state index in [9.17, 15) is 0 Å². The molecule has 4 rings (SSSR count). The minimum absolute atomic E-state index is 0.583. The average molecular weight is 488 g/mol. The van der Waals surface area contributed by atoms with E-state index in [0.717, 1.165) is 59.6 Å². The van der Waals surface area contributed by atoms with Crippen molar-refractivity contribution < 1.29 is 9.15 Å². The van der Waals surface area contributed by atoms with Crippen LogP contribution in [0.4, 0.5) is 5.69 Å². The highest BCUT2D eigenvalue weighted by Crippen LogP contribution is 2.42. The summed E-state index contributed by atoms with van der Waals surface area (Å²) in [6.45, 7) is 12.5. The van der Waals surface area contributed by atoms with Crippen LogP contribution in [-0.4, -0.2) is 38.3 Å². The molecule has 0 saturated carbocycles. The summed E-state index contributed by atoms with van der Waals surface area (Å²) in [5, 5.41) is 2.85. The van der Waals surface area contributed by atoms with Crippen molar-refractivity contribution in [2.75, 3.05) is 38.2 Å². The molecular weight excluding hydrogens is 452 g/mol. The lowest BCUT2D eigenvalue weighted by Gasteiger charge is -2.23. The molecule has 0 N–H and O–H groups in total. The van der Waals surface area contributed by atoms with Crippen molar-refractivity contribution in [2.24, 2.45) is 0 Å². The van der Waals surface area contributed by atoms with Crippen LogP contribution in [0.5, 0.6) is 0 Å². The topological polar surface area (TPSA) is 28.6 Å². The number of hydrogen-bond acceptors (Lipinski definition) is 4. The smallest absolute Gasteiger partial charge is 0.203 e. The zero-order valence-electron chi connectivity index (χ0n) is 21.4. The molecule has 0 atom stereocenters. The van der Waals surface area contributed by atoms with Crippen molar-refractivity contribution in [1.82, 2.24) is 4.58 Å². The summed E-state index contributed by atoms with van der Waals surface area (Å²) in [7, 11) is 1.64. The van der Waals surface area contributed by atoms with Gasteiger partial charge in [0.15, 0.2) is 5.05 Å². The highest BCUT2D eigenvalue weighted by Gasteiger charge is 2.21. The number of ether oxygens (including phenoxy) is 1. The first kappa shape index (κ1) is 24.9. The third-order valence-electron chi connectivity index (χ3n) is 6.80. The molecule has 0 saturated heterocycles. The molecular formula is C30H35N2O2S+. The Hall–Kier alpha value is -3.18. The Bertz CT molecular complexity index is 1380. The van der Waals surface area contributed by atoms with Gasteiger partial charge < -0.3 is 14.1 Å². The van der Waals surface area contributed by atoms with Gasteiger partial charge in [-0.15, -0.1) is 0 Å². The maximum Gasteiger partial charge on any atom is 0.203 e. The number of fused-ring (bicyclic) bond motifs is 2. The van der Waals surface area contributed by atoms with E-state index in [2.05, 4.69) is 97.8 Å². The summed E-state index contributed by atoms with van der Waals surface area (Å²) in [5.74, 6) is 0.887. The number of anilines is 1. The van der Waals surface area contributed by atoms with Crippen LogP contribution in [0.2, 0.25) is 0 Å². The number of nitrogens with zero attached hydrogens (tertiary/aromatic N) is 2. The largest absolute Gasteiger partial charge is 0.490 e. The second-order valence-electron chi connectivity index (χ2n) is 8.59. The zero-order valence-corrected chi connectivity index (χ0v) is 22.2. The summed E-state index contributed by atoms with van der Waals surface area (Å²) in [6.07, 6.45) is 0.589. The number of methoxy groups -OCH3 is 1. The molecule has 1 heterocycles. The third-order valence-corrected chi connectivity index (χ3v) is 7.11. The molecule has 0 bridgehead atoms. The van der Waals surface area contributed by atoms with E-state index in [1.807, 2.05) is 0 Å². The quantitative estimate of drug-likeness (QED) is 0.164. The molecule has 2 aliphatic rings. The van der Waals surface area contributed by atoms with Gasteiger partial charge in [-0.05, 0) is 69.2 Å². The van der Waals surface area contributed by atoms with Crippen LogP contribution in [0, 0.1) is 0 Å². The van der Waals surface area contributed by atoms with Gasteiger partial charge in [-0.2, -0.15) is 0 Å². The van der Waals surface area contributed by atoms with Gasteiger partial charge in [0.2, 0.25) is 5.36 Å². The summed E-state index contributed by atoms with van der Waals surface area (Å²) in [5.41, 5.74) is 6.63. The minimum atomic E-state index is 0.583. The Balaban J connectivity index is 2.08. The van der Waals surface area contributed by atoms with E-state index >= 15 is 0 Å². The van der Waals surface area contributed by atoms with E-state index in [-0.39, 0.29) is 0 Å². The van der Waals surface area contributed by atoms with E-state index in [1.54, 1.807) is 7.11 Å². The highest BCUT2D eigenvalue weighted by atomic mass is 32.1. The molecule has 35 heavy (non-hydrogen) atoms. The van der Waals surface area contributed by atoms with Crippen LogP contribution in [0.3, 0.4) is 0 Å². The van der Waals surface area contributed by atoms with Gasteiger partial charge in [-0.1, -0.05) is 24.3 Å². The Morgan fingerprint density at radius 2 is 1.66 bits per heavy atom. The molecule has 182 valence electrons. The first-order chi connectivity index (χ1) is 17.0. The van der Waals surface area contributed by atoms with E-state index in [4.69, 9.17) is 21.4 Å². The van der Waals surface area contributed by atoms with Gasteiger partial charge in [0.1, 0.15) is 24.4 Å². The molecule has 0 aromatic heterocycles. The normalized spacial score (nSPS) is 11.1. The van der Waals surface area contributed by atoms with Crippen LogP contribution in [0.25, 0.3) is 33.4 Å². The highest BCUT2D eigenvalue weighted by molar-refractivity contribution is 7.80. The molecule has 4 nitrogen and oxygen atoms in total. The molecule has 0 fully saturated rings. The van der Waals surface area contributed by atoms with Crippen LogP contribution in [0.15, 0.2) is 65.1 Å². The Labute approximate surface area is 213 Å². The van der Waals surface area contributed by atoms with Crippen LogP contribution in [-0.2, 0) is 11.2 Å². The summed E-state index contributed by atoms with van der Waals surface area (Å²) in [6, 6.07) is 21.6. The first-order valence-corrected chi connectivity index (χ1v) is 12.9. The molecule has 5 heteroatoms. The monoisotopic (exact) mass is 487 g/mol. The lowest BCUT2D eigenvalue weighted by Crippen LogP contribution is -2.29. The van der Waals surface area contributed by atoms with Crippen molar-refractivity contribution in [2.45, 2.75) is 34.1 Å². The fraction of sp³-hybridized carbons (Fsp3) is 0.333. The van der Waals surface area contributed by atoms with Gasteiger partial charge in [0, 0.05) is 53.8 Å². The summed E-state index contributed by atoms with van der Waals surface area (Å²) >= 11 is 5.43. The molecule has 2 aromatic carbocycles. The Kier molecular flexibility index (Phi) is 7.86. The summed E-state index contributed by atoms with van der Waals surface area (Å²) in [4.78, 5) is 2.34. The van der Waals surface area contributed by atoms with Crippen LogP contribution >= 0.6 is 12.2 Å². The fourth-order valence-electron chi connectivity index (χ4n) is 4.87. The SMILES string of the molecule is CCN(CC)c1ccc2c(-c3ccccc3CC(=S)OC)c3ccc(=[N+](CC)CC)cc-3oc2c1. The second kappa shape index (κ2) is 11.0. The van der Waals surface area contributed by atoms with Crippen LogP contribution < -0.4 is 14.8 Å². The zero-order chi connectivity index (χ0) is 24.9. The molecule has 0 amide bonds. The van der Waals surface area contributed by atoms with E-state index in [1.165, 1.54) is 16.6 Å². The number of hydrogen-bond donors (Lipinski definition) is 0. The van der Waals surface area contributed by atoms with Crippen molar-refractivity contribution in [3.05, 3.63) is 71.6 Å². The fourth-order valence-corrected chi connectivity index (χ4v) is 5.03. The Morgan fingerprint density at radius 3 is 2.34 bits per heavy atom. The van der Waals surface area contributed by atoms with Gasteiger partial charge in [-0.3, -0.25) is 0 Å². The van der Waals surface area contributed by atoms with Crippen LogP contribution in [0.1, 0.15) is 33.3 Å². The Morgan fingerprint density at radius 1 is 0.914 bits per heavy atom. The standard InChI is InChI=1S/C30H35N2O2S/c1-6-31(7-2)22-14-16-25-27(19-22)34-28-20-23(32(8-3)9-4)15-17-26(28)30(25)24-13-11-10-12-21(24)18-29(35)33-5/h10-17,19-20H,6-9,18H2,1-5H3/q+1. The predicted molar refractivity (Wildman–Crippen MR) is 151 cm³/mol. The molecule has 0 unspecified atom stereocenters. The van der Waals surface area contributed by atoms with Crippen molar-refractivity contribution in [1.29, 1.82) is 0 Å². The predicted octanol–water partition coefficient (Wildman–Crippen LogP) is 6.38. The van der Waals surface area contributed by atoms with Crippen molar-refractivity contribution in [3.63, 3.8) is 0 Å². The molecule has 1 aliphatic carbocycles. The lowest BCUT2D eigenvalue weighted by molar-refractivity contribution is 0.406. The van der Waals surface area contributed by atoms with E-state index < -0.39 is 0 Å². The summed E-state index contributed by atoms with van der Waals surface area (Å²) < 4.78 is 14.3. The molecule has 2 aromatic rings. The number of thiocarbonyl (C=S) groups is 1. The second-order valence-corrected chi connectivity index (χ2v) is 9.05. The number of rotatable bonds is 8. The average Bonchev–Trinajstić information content (AvgIpc) is 2.89. The van der Waals surface area contributed by atoms with E-state index in [0.29, 0.717) is 11.5 Å². The maximum absolute atomic E-state index is 6.61. The van der Waals surface area contributed by atoms with Crippen molar-refractivity contribution >= 4 is 33.9 Å². The lowest BCUT2D eigenvalue weighted by atomic mass is 9.90. The maximum atomic E-state index is 6.61. The first-order valence-electron chi connectivity index (χ1n) is 12.5. The van der Waals surface area contributed by atoms with Gasteiger partial charge in [0.05, 0.1) is 13.2 Å². The molecule has 1 aliphatic heterocycles. The molecule has 0 spiro atoms. The number of benzene rings is 3. The molecule has 0 radical (unpaired) electrons. The van der Waals surface area contributed by atoms with Gasteiger partial charge in [-0.25, -0.2) is 4.58 Å². The third kappa shape index (κ3) is 4.96. The van der Waals surface area contributed by atoms with Gasteiger partial charge >= 0.3 is 0 Å². The minimum Gasteiger partial charge on any atom is -0.490 e. The van der Waals surface area contributed by atoms with Crippen molar-refractivity contribution in [3.8, 4) is 22.5 Å². The van der Waals surface area contributed by atoms with Gasteiger partial charge in [0.25, 0.3) is 0 Å².